The van der Waals surface area contributed by atoms with E-state index < -0.39 is 32.6 Å². The van der Waals surface area contributed by atoms with Crippen molar-refractivity contribution in [2.24, 2.45) is 5.92 Å². The lowest BCUT2D eigenvalue weighted by Crippen LogP contribution is -2.55. The summed E-state index contributed by atoms with van der Waals surface area (Å²) < 4.78 is 26.0. The molecule has 1 heterocycles. The molecule has 3 rings (SSSR count). The SMILES string of the molecule is CC(C)C1=CN(CCC(=O)O)C(=O)N[C@@]1(C)c1ccc(S(=O)(=O)C2CCCC2)c(Cl)c1. The first-order chi connectivity index (χ1) is 14.5. The van der Waals surface area contributed by atoms with Crippen LogP contribution in [0.5, 0.6) is 0 Å². The van der Waals surface area contributed by atoms with E-state index in [1.807, 2.05) is 20.8 Å². The molecule has 0 bridgehead atoms. The highest BCUT2D eigenvalue weighted by molar-refractivity contribution is 7.92. The lowest BCUT2D eigenvalue weighted by Gasteiger charge is -2.42. The van der Waals surface area contributed by atoms with E-state index in [9.17, 15) is 18.0 Å². The maximum atomic E-state index is 13.0. The number of nitrogens with one attached hydrogen (secondary N) is 1. The van der Waals surface area contributed by atoms with Crippen LogP contribution in [-0.4, -0.2) is 42.2 Å². The van der Waals surface area contributed by atoms with Crippen molar-refractivity contribution in [3.05, 3.63) is 40.6 Å². The van der Waals surface area contributed by atoms with Gasteiger partial charge in [0.05, 0.1) is 27.1 Å². The van der Waals surface area contributed by atoms with Crippen molar-refractivity contribution in [1.29, 1.82) is 0 Å². The van der Waals surface area contributed by atoms with E-state index in [4.69, 9.17) is 16.7 Å². The summed E-state index contributed by atoms with van der Waals surface area (Å²) in [6.45, 7) is 5.88. The first-order valence-corrected chi connectivity index (χ1v) is 12.5. The summed E-state index contributed by atoms with van der Waals surface area (Å²) in [6, 6.07) is 4.45. The molecule has 0 aromatic heterocycles. The first kappa shape index (κ1) is 23.6. The van der Waals surface area contributed by atoms with Crippen LogP contribution in [0.4, 0.5) is 4.79 Å². The molecule has 0 radical (unpaired) electrons. The number of aliphatic carboxylic acids is 1. The number of carboxylic acids is 1. The Kier molecular flexibility index (Phi) is 6.72. The number of benzene rings is 1. The van der Waals surface area contributed by atoms with E-state index in [-0.39, 0.29) is 28.8 Å². The van der Waals surface area contributed by atoms with Gasteiger partial charge in [-0.3, -0.25) is 4.79 Å². The van der Waals surface area contributed by atoms with Gasteiger partial charge in [0.1, 0.15) is 0 Å². The van der Waals surface area contributed by atoms with Gasteiger partial charge in [-0.1, -0.05) is 44.4 Å². The molecule has 31 heavy (non-hydrogen) atoms. The fourth-order valence-electron chi connectivity index (χ4n) is 4.48. The van der Waals surface area contributed by atoms with Crippen LogP contribution in [0.25, 0.3) is 0 Å². The molecule has 7 nitrogen and oxygen atoms in total. The number of hydrogen-bond donors (Lipinski definition) is 2. The number of nitrogens with zero attached hydrogens (tertiary/aromatic N) is 1. The molecule has 2 N–H and O–H groups in total. The van der Waals surface area contributed by atoms with Crippen LogP contribution in [0.3, 0.4) is 0 Å². The van der Waals surface area contributed by atoms with E-state index in [1.165, 1.54) is 11.0 Å². The molecule has 2 aliphatic rings. The zero-order valence-electron chi connectivity index (χ0n) is 18.0. The molecule has 1 fully saturated rings. The summed E-state index contributed by atoms with van der Waals surface area (Å²) >= 11 is 6.46. The molecule has 1 aliphatic carbocycles. The van der Waals surface area contributed by atoms with Gasteiger partial charge in [0, 0.05) is 12.7 Å². The predicted octanol–water partition coefficient (Wildman–Crippen LogP) is 4.31. The summed E-state index contributed by atoms with van der Waals surface area (Å²) in [4.78, 5) is 25.1. The van der Waals surface area contributed by atoms with Gasteiger partial charge in [-0.25, -0.2) is 13.2 Å². The maximum Gasteiger partial charge on any atom is 0.322 e. The quantitative estimate of drug-likeness (QED) is 0.620. The van der Waals surface area contributed by atoms with E-state index in [0.29, 0.717) is 18.4 Å². The van der Waals surface area contributed by atoms with Crippen molar-refractivity contribution in [3.8, 4) is 0 Å². The van der Waals surface area contributed by atoms with Gasteiger partial charge in [-0.2, -0.15) is 0 Å². The standard InChI is InChI=1S/C22H29ClN2O5S/c1-14(2)17-13-25(11-10-20(26)27)21(28)24-22(17,3)15-8-9-19(18(23)12-15)31(29,30)16-6-4-5-7-16/h8-9,12-14,16H,4-7,10-11H2,1-3H3,(H,24,28)(H,26,27)/t22-/m0/s1. The Morgan fingerprint density at radius 2 is 1.97 bits per heavy atom. The number of hydrogen-bond acceptors (Lipinski definition) is 4. The molecule has 1 aromatic rings. The second-order valence-electron chi connectivity index (χ2n) is 8.73. The molecule has 2 amide bonds. The Balaban J connectivity index is 1.98. The van der Waals surface area contributed by atoms with Gasteiger partial charge < -0.3 is 15.3 Å². The Labute approximate surface area is 188 Å². The minimum atomic E-state index is -3.50. The normalized spacial score (nSPS) is 22.5. The average molecular weight is 469 g/mol. The Hall–Kier alpha value is -2.06. The van der Waals surface area contributed by atoms with Crippen molar-refractivity contribution in [3.63, 3.8) is 0 Å². The number of carboxylic acid groups (broad SMARTS) is 1. The summed E-state index contributed by atoms with van der Waals surface area (Å²) in [5.41, 5.74) is 0.651. The van der Waals surface area contributed by atoms with Gasteiger partial charge >= 0.3 is 12.0 Å². The number of amides is 2. The van der Waals surface area contributed by atoms with Crippen LogP contribution < -0.4 is 5.32 Å². The zero-order valence-corrected chi connectivity index (χ0v) is 19.6. The third kappa shape index (κ3) is 4.60. The average Bonchev–Trinajstić information content (AvgIpc) is 3.22. The molecule has 170 valence electrons. The third-order valence-corrected chi connectivity index (χ3v) is 8.98. The van der Waals surface area contributed by atoms with E-state index in [0.717, 1.165) is 18.4 Å². The second-order valence-corrected chi connectivity index (χ2v) is 11.3. The van der Waals surface area contributed by atoms with E-state index in [2.05, 4.69) is 5.32 Å². The molecule has 9 heteroatoms. The van der Waals surface area contributed by atoms with Gasteiger partial charge in [-0.15, -0.1) is 0 Å². The second kappa shape index (κ2) is 8.82. The van der Waals surface area contributed by atoms with Crippen LogP contribution in [0.15, 0.2) is 34.9 Å². The molecular weight excluding hydrogens is 440 g/mol. The highest BCUT2D eigenvalue weighted by Crippen LogP contribution is 2.40. The number of carbonyl (C=O) groups excluding carboxylic acids is 1. The van der Waals surface area contributed by atoms with E-state index in [1.54, 1.807) is 18.3 Å². The molecular formula is C22H29ClN2O5S. The monoisotopic (exact) mass is 468 g/mol. The Morgan fingerprint density at radius 3 is 2.52 bits per heavy atom. The molecule has 1 aliphatic heterocycles. The minimum absolute atomic E-state index is 0.0404. The predicted molar refractivity (Wildman–Crippen MR) is 119 cm³/mol. The van der Waals surface area contributed by atoms with Crippen molar-refractivity contribution in [2.75, 3.05) is 6.54 Å². The smallest absolute Gasteiger partial charge is 0.322 e. The lowest BCUT2D eigenvalue weighted by molar-refractivity contribution is -0.137. The van der Waals surface area contributed by atoms with Crippen molar-refractivity contribution >= 4 is 33.4 Å². The fourth-order valence-corrected chi connectivity index (χ4v) is 6.89. The summed E-state index contributed by atoms with van der Waals surface area (Å²) in [5, 5.41) is 11.7. The van der Waals surface area contributed by atoms with Crippen molar-refractivity contribution < 1.29 is 23.1 Å². The third-order valence-electron chi connectivity index (χ3n) is 6.24. The molecule has 1 atom stereocenters. The molecule has 1 saturated carbocycles. The van der Waals surface area contributed by atoms with Gasteiger partial charge in [-0.05, 0) is 49.0 Å². The molecule has 0 unspecified atom stereocenters. The van der Waals surface area contributed by atoms with Gasteiger partial charge in [0.25, 0.3) is 0 Å². The largest absolute Gasteiger partial charge is 0.481 e. The highest BCUT2D eigenvalue weighted by atomic mass is 35.5. The number of urea groups is 1. The Bertz CT molecular complexity index is 1010. The number of halogens is 1. The number of carbonyl (C=O) groups is 2. The first-order valence-electron chi connectivity index (χ1n) is 10.5. The van der Waals surface area contributed by atoms with Crippen LogP contribution in [0.2, 0.25) is 5.02 Å². The lowest BCUT2D eigenvalue weighted by atomic mass is 9.78. The zero-order chi connectivity index (χ0) is 23.0. The van der Waals surface area contributed by atoms with Crippen LogP contribution >= 0.6 is 11.6 Å². The molecule has 1 aromatic carbocycles. The van der Waals surface area contributed by atoms with Crippen molar-refractivity contribution in [2.45, 2.75) is 68.6 Å². The number of rotatable bonds is 7. The van der Waals surface area contributed by atoms with Crippen LogP contribution in [-0.2, 0) is 20.2 Å². The van der Waals surface area contributed by atoms with Crippen molar-refractivity contribution in [1.82, 2.24) is 10.2 Å². The van der Waals surface area contributed by atoms with Gasteiger partial charge in [0.2, 0.25) is 0 Å². The Morgan fingerprint density at radius 1 is 1.32 bits per heavy atom. The molecule has 0 spiro atoms. The van der Waals surface area contributed by atoms with Crippen LogP contribution in [0, 0.1) is 5.92 Å². The summed E-state index contributed by atoms with van der Waals surface area (Å²) in [5.74, 6) is -0.940. The van der Waals surface area contributed by atoms with E-state index >= 15 is 0 Å². The number of sulfone groups is 1. The van der Waals surface area contributed by atoms with Gasteiger partial charge in [0.15, 0.2) is 9.84 Å². The minimum Gasteiger partial charge on any atom is -0.481 e. The fraction of sp³-hybridized carbons (Fsp3) is 0.545. The highest BCUT2D eigenvalue weighted by Gasteiger charge is 2.40. The molecule has 0 saturated heterocycles. The topological polar surface area (TPSA) is 104 Å². The maximum absolute atomic E-state index is 13.0. The summed E-state index contributed by atoms with van der Waals surface area (Å²) in [7, 11) is -3.50. The van der Waals surface area contributed by atoms with Crippen LogP contribution in [0.1, 0.15) is 58.4 Å². The summed E-state index contributed by atoms with van der Waals surface area (Å²) in [6.07, 6.45) is 4.66.